The number of hydrogen-bond donors (Lipinski definition) is 1. The summed E-state index contributed by atoms with van der Waals surface area (Å²) in [4.78, 5) is 26.0. The summed E-state index contributed by atoms with van der Waals surface area (Å²) in [6.07, 6.45) is 0.0867. The molecule has 0 aliphatic carbocycles. The first-order valence-electron chi connectivity index (χ1n) is 7.12. The summed E-state index contributed by atoms with van der Waals surface area (Å²) >= 11 is 5.94. The molecule has 6 heteroatoms. The van der Waals surface area contributed by atoms with E-state index in [0.29, 0.717) is 22.1 Å². The van der Waals surface area contributed by atoms with Gasteiger partial charge in [-0.3, -0.25) is 9.59 Å². The van der Waals surface area contributed by atoms with Crippen molar-refractivity contribution in [3.63, 3.8) is 0 Å². The molecule has 3 rings (SSSR count). The van der Waals surface area contributed by atoms with Gasteiger partial charge in [0.1, 0.15) is 11.8 Å². The first-order chi connectivity index (χ1) is 11.1. The third-order valence-corrected chi connectivity index (χ3v) is 3.88. The molecule has 118 valence electrons. The fourth-order valence-electron chi connectivity index (χ4n) is 2.58. The highest BCUT2D eigenvalue weighted by atomic mass is 35.5. The molecule has 0 bridgehead atoms. The Labute approximate surface area is 138 Å². The van der Waals surface area contributed by atoms with Gasteiger partial charge in [-0.2, -0.15) is 0 Å². The first-order valence-corrected chi connectivity index (χ1v) is 7.50. The highest BCUT2D eigenvalue weighted by molar-refractivity contribution is 6.31. The number of imide groups is 1. The van der Waals surface area contributed by atoms with E-state index in [0.717, 1.165) is 0 Å². The van der Waals surface area contributed by atoms with E-state index in [9.17, 15) is 9.59 Å². The summed E-state index contributed by atoms with van der Waals surface area (Å²) in [5.74, 6) is 0.0572. The molecule has 1 heterocycles. The Morgan fingerprint density at radius 3 is 2.70 bits per heavy atom. The molecule has 1 saturated heterocycles. The summed E-state index contributed by atoms with van der Waals surface area (Å²) in [6, 6.07) is 13.3. The smallest absolute Gasteiger partial charge is 0.256 e. The van der Waals surface area contributed by atoms with E-state index in [4.69, 9.17) is 16.3 Å². The van der Waals surface area contributed by atoms with Crippen LogP contribution in [0.2, 0.25) is 5.02 Å². The maximum absolute atomic E-state index is 12.6. The summed E-state index contributed by atoms with van der Waals surface area (Å²) in [6.45, 7) is 0. The van der Waals surface area contributed by atoms with Gasteiger partial charge in [0.15, 0.2) is 0 Å². The number of para-hydroxylation sites is 2. The standard InChI is InChI=1S/C17H15ClN2O3/c1-23-15-8-3-2-7-13(15)19-14-10-16(21)20(17(14)22)12-6-4-5-11(18)9-12/h2-9,14,19H,10H2,1H3. The zero-order chi connectivity index (χ0) is 16.4. The quantitative estimate of drug-likeness (QED) is 0.875. The van der Waals surface area contributed by atoms with Crippen molar-refractivity contribution in [2.75, 3.05) is 17.3 Å². The van der Waals surface area contributed by atoms with E-state index >= 15 is 0 Å². The number of ether oxygens (including phenoxy) is 1. The monoisotopic (exact) mass is 330 g/mol. The number of halogens is 1. The number of hydrogen-bond acceptors (Lipinski definition) is 4. The van der Waals surface area contributed by atoms with Gasteiger partial charge in [0.2, 0.25) is 5.91 Å². The van der Waals surface area contributed by atoms with Crippen LogP contribution in [0.25, 0.3) is 0 Å². The molecule has 1 fully saturated rings. The minimum absolute atomic E-state index is 0.0867. The average Bonchev–Trinajstić information content (AvgIpc) is 2.82. The van der Waals surface area contributed by atoms with Gasteiger partial charge in [0, 0.05) is 5.02 Å². The van der Waals surface area contributed by atoms with Gasteiger partial charge in [0.25, 0.3) is 5.91 Å². The van der Waals surface area contributed by atoms with Crippen LogP contribution < -0.4 is 15.0 Å². The topological polar surface area (TPSA) is 58.6 Å². The second-order valence-corrected chi connectivity index (χ2v) is 5.59. The highest BCUT2D eigenvalue weighted by Gasteiger charge is 2.39. The molecule has 2 aromatic carbocycles. The Balaban J connectivity index is 1.84. The lowest BCUT2D eigenvalue weighted by atomic mass is 10.2. The number of methoxy groups -OCH3 is 1. The Morgan fingerprint density at radius 2 is 1.96 bits per heavy atom. The normalized spacial score (nSPS) is 17.5. The van der Waals surface area contributed by atoms with E-state index in [2.05, 4.69) is 5.32 Å². The number of benzene rings is 2. The number of carbonyl (C=O) groups is 2. The van der Waals surface area contributed by atoms with Crippen LogP contribution >= 0.6 is 11.6 Å². The third-order valence-electron chi connectivity index (χ3n) is 3.65. The lowest BCUT2D eigenvalue weighted by Crippen LogP contribution is -2.34. The first kappa shape index (κ1) is 15.4. The third kappa shape index (κ3) is 3.00. The Kier molecular flexibility index (Phi) is 4.21. The maximum atomic E-state index is 12.6. The number of anilines is 2. The molecular weight excluding hydrogens is 316 g/mol. The molecule has 1 N–H and O–H groups in total. The lowest BCUT2D eigenvalue weighted by molar-refractivity contribution is -0.121. The van der Waals surface area contributed by atoms with E-state index in [1.54, 1.807) is 43.5 Å². The Morgan fingerprint density at radius 1 is 1.17 bits per heavy atom. The van der Waals surface area contributed by atoms with E-state index < -0.39 is 6.04 Å². The van der Waals surface area contributed by atoms with Crippen molar-refractivity contribution in [3.05, 3.63) is 53.6 Å². The molecule has 23 heavy (non-hydrogen) atoms. The van der Waals surface area contributed by atoms with Crippen LogP contribution in [0.5, 0.6) is 5.75 Å². The van der Waals surface area contributed by atoms with Crippen molar-refractivity contribution in [2.24, 2.45) is 0 Å². The molecule has 0 saturated carbocycles. The molecule has 0 spiro atoms. The number of rotatable bonds is 4. The lowest BCUT2D eigenvalue weighted by Gasteiger charge is -2.17. The largest absolute Gasteiger partial charge is 0.495 e. The molecular formula is C17H15ClN2O3. The number of nitrogens with one attached hydrogen (secondary N) is 1. The second-order valence-electron chi connectivity index (χ2n) is 5.15. The molecule has 5 nitrogen and oxygen atoms in total. The van der Waals surface area contributed by atoms with Crippen molar-refractivity contribution in [1.29, 1.82) is 0 Å². The van der Waals surface area contributed by atoms with Crippen molar-refractivity contribution < 1.29 is 14.3 Å². The van der Waals surface area contributed by atoms with Gasteiger partial charge in [-0.1, -0.05) is 29.8 Å². The van der Waals surface area contributed by atoms with Gasteiger partial charge < -0.3 is 10.1 Å². The SMILES string of the molecule is COc1ccccc1NC1CC(=O)N(c2cccc(Cl)c2)C1=O. The molecule has 2 amide bonds. The zero-order valence-corrected chi connectivity index (χ0v) is 13.2. The van der Waals surface area contributed by atoms with Crippen LogP contribution in [0.15, 0.2) is 48.5 Å². The van der Waals surface area contributed by atoms with Crippen molar-refractivity contribution in [3.8, 4) is 5.75 Å². The zero-order valence-electron chi connectivity index (χ0n) is 12.5. The summed E-state index contributed by atoms with van der Waals surface area (Å²) < 4.78 is 5.26. The average molecular weight is 331 g/mol. The minimum atomic E-state index is -0.627. The molecule has 1 atom stereocenters. The molecule has 1 aliphatic rings. The number of carbonyl (C=O) groups excluding carboxylic acids is 2. The van der Waals surface area contributed by atoms with E-state index in [1.807, 2.05) is 12.1 Å². The van der Waals surface area contributed by atoms with Crippen LogP contribution in [0, 0.1) is 0 Å². The summed E-state index contributed by atoms with van der Waals surface area (Å²) in [5, 5.41) is 3.56. The maximum Gasteiger partial charge on any atom is 0.256 e. The van der Waals surface area contributed by atoms with Crippen molar-refractivity contribution in [2.45, 2.75) is 12.5 Å². The van der Waals surface area contributed by atoms with Crippen LogP contribution in [-0.2, 0) is 9.59 Å². The fourth-order valence-corrected chi connectivity index (χ4v) is 2.77. The van der Waals surface area contributed by atoms with Crippen LogP contribution in [0.4, 0.5) is 11.4 Å². The molecule has 1 unspecified atom stereocenters. The predicted molar refractivity (Wildman–Crippen MR) is 89.0 cm³/mol. The van der Waals surface area contributed by atoms with Crippen molar-refractivity contribution in [1.82, 2.24) is 0 Å². The van der Waals surface area contributed by atoms with Crippen LogP contribution in [-0.4, -0.2) is 25.0 Å². The van der Waals surface area contributed by atoms with Gasteiger partial charge in [-0.05, 0) is 30.3 Å². The van der Waals surface area contributed by atoms with Crippen LogP contribution in [0.3, 0.4) is 0 Å². The number of nitrogens with zero attached hydrogens (tertiary/aromatic N) is 1. The highest BCUT2D eigenvalue weighted by Crippen LogP contribution is 2.29. The van der Waals surface area contributed by atoms with Gasteiger partial charge in [-0.15, -0.1) is 0 Å². The van der Waals surface area contributed by atoms with Gasteiger partial charge >= 0.3 is 0 Å². The molecule has 0 aromatic heterocycles. The van der Waals surface area contributed by atoms with Crippen LogP contribution in [0.1, 0.15) is 6.42 Å². The number of amides is 2. The second kappa shape index (κ2) is 6.30. The molecule has 0 radical (unpaired) electrons. The Hall–Kier alpha value is -2.53. The summed E-state index contributed by atoms with van der Waals surface area (Å²) in [5.41, 5.74) is 1.16. The predicted octanol–water partition coefficient (Wildman–Crippen LogP) is 3.09. The Bertz CT molecular complexity index is 763. The van der Waals surface area contributed by atoms with Gasteiger partial charge in [0.05, 0.1) is 24.9 Å². The summed E-state index contributed by atoms with van der Waals surface area (Å²) in [7, 11) is 1.56. The van der Waals surface area contributed by atoms with E-state index in [-0.39, 0.29) is 18.2 Å². The molecule has 2 aromatic rings. The van der Waals surface area contributed by atoms with Gasteiger partial charge in [-0.25, -0.2) is 4.90 Å². The minimum Gasteiger partial charge on any atom is -0.495 e. The van der Waals surface area contributed by atoms with Crippen molar-refractivity contribution >= 4 is 34.8 Å². The van der Waals surface area contributed by atoms with E-state index in [1.165, 1.54) is 4.90 Å². The fraction of sp³-hybridized carbons (Fsp3) is 0.176. The molecule has 1 aliphatic heterocycles.